The van der Waals surface area contributed by atoms with Gasteiger partial charge in [0.25, 0.3) is 5.78 Å². The monoisotopic (exact) mass is 394 g/mol. The zero-order valence-electron chi connectivity index (χ0n) is 16.6. The van der Waals surface area contributed by atoms with Gasteiger partial charge in [0, 0.05) is 12.6 Å². The summed E-state index contributed by atoms with van der Waals surface area (Å²) in [5.74, 6) is -2.61. The molecule has 2 amide bonds. The van der Waals surface area contributed by atoms with E-state index in [1.807, 2.05) is 19.0 Å². The summed E-state index contributed by atoms with van der Waals surface area (Å²) in [6, 6.07) is -0.626. The lowest BCUT2D eigenvalue weighted by molar-refractivity contribution is -0.155. The number of fused-ring (bicyclic) bond motifs is 1. The zero-order valence-corrected chi connectivity index (χ0v) is 16.6. The molecular weight excluding hydrogens is 364 g/mol. The predicted octanol–water partition coefficient (Wildman–Crippen LogP) is -0.790. The van der Waals surface area contributed by atoms with Crippen molar-refractivity contribution in [3.8, 4) is 0 Å². The maximum Gasteiger partial charge on any atom is 0.374 e. The molecule has 0 bridgehead atoms. The Morgan fingerprint density at radius 3 is 2.46 bits per heavy atom. The number of rotatable bonds is 6. The minimum Gasteiger partial charge on any atom is -0.475 e. The Morgan fingerprint density at radius 2 is 1.86 bits per heavy atom. The van der Waals surface area contributed by atoms with Crippen LogP contribution in [-0.4, -0.2) is 89.8 Å². The molecule has 2 unspecified atom stereocenters. The molecule has 2 heterocycles. The third-order valence-electron chi connectivity index (χ3n) is 6.46. The molecule has 3 rings (SSSR count). The van der Waals surface area contributed by atoms with Gasteiger partial charge in [-0.1, -0.05) is 0 Å². The van der Waals surface area contributed by atoms with Crippen LogP contribution in [0.3, 0.4) is 0 Å². The number of ketones is 1. The quantitative estimate of drug-likeness (QED) is 0.505. The molecule has 3 N–H and O–H groups in total. The first kappa shape index (κ1) is 20.7. The van der Waals surface area contributed by atoms with Crippen molar-refractivity contribution >= 4 is 23.6 Å². The predicted molar refractivity (Wildman–Crippen MR) is 101 cm³/mol. The smallest absolute Gasteiger partial charge is 0.374 e. The molecule has 0 aromatic carbocycles. The lowest BCUT2D eigenvalue weighted by Gasteiger charge is -2.41. The van der Waals surface area contributed by atoms with Gasteiger partial charge in [0.05, 0.1) is 6.54 Å². The molecule has 1 saturated carbocycles. The number of carbonyl (C=O) groups is 4. The van der Waals surface area contributed by atoms with Crippen LogP contribution in [-0.2, 0) is 19.2 Å². The highest BCUT2D eigenvalue weighted by Crippen LogP contribution is 2.34. The Kier molecular flexibility index (Phi) is 6.04. The molecule has 156 valence electrons. The van der Waals surface area contributed by atoms with Crippen molar-refractivity contribution in [1.82, 2.24) is 20.4 Å². The van der Waals surface area contributed by atoms with Crippen LogP contribution in [0, 0.1) is 5.92 Å². The van der Waals surface area contributed by atoms with Gasteiger partial charge in [0.15, 0.2) is 0 Å². The minimum absolute atomic E-state index is 0.000472. The van der Waals surface area contributed by atoms with Gasteiger partial charge in [-0.25, -0.2) is 4.79 Å². The van der Waals surface area contributed by atoms with Crippen molar-refractivity contribution in [1.29, 1.82) is 0 Å². The molecule has 28 heavy (non-hydrogen) atoms. The van der Waals surface area contributed by atoms with Gasteiger partial charge >= 0.3 is 5.97 Å². The minimum atomic E-state index is -1.52. The van der Waals surface area contributed by atoms with Gasteiger partial charge in [0.1, 0.15) is 11.6 Å². The molecule has 0 aromatic rings. The lowest BCUT2D eigenvalue weighted by Crippen LogP contribution is -2.63. The molecule has 3 fully saturated rings. The Hall–Kier alpha value is -2.00. The van der Waals surface area contributed by atoms with E-state index in [1.165, 1.54) is 0 Å². The number of carbonyl (C=O) groups excluding carboxylic acids is 3. The maximum absolute atomic E-state index is 13.1. The second kappa shape index (κ2) is 8.16. The van der Waals surface area contributed by atoms with Crippen molar-refractivity contribution in [3.63, 3.8) is 0 Å². The first-order valence-corrected chi connectivity index (χ1v) is 10.0. The van der Waals surface area contributed by atoms with Gasteiger partial charge < -0.3 is 20.6 Å². The number of likely N-dealkylation sites (N-methyl/N-ethyl adjacent to an activating group) is 1. The van der Waals surface area contributed by atoms with Crippen LogP contribution in [0.5, 0.6) is 0 Å². The second-order valence-corrected chi connectivity index (χ2v) is 8.45. The number of carboxylic acids is 1. The number of Topliss-reactive ketones (excluding diaryl/α,β-unsaturated/α-hetero) is 1. The number of nitrogens with zero attached hydrogens (tertiary/aromatic N) is 2. The van der Waals surface area contributed by atoms with E-state index in [1.54, 1.807) is 4.90 Å². The number of carboxylic acid groups (broad SMARTS) is 1. The van der Waals surface area contributed by atoms with E-state index in [4.69, 9.17) is 0 Å². The molecule has 0 radical (unpaired) electrons. The third kappa shape index (κ3) is 3.91. The summed E-state index contributed by atoms with van der Waals surface area (Å²) in [7, 11) is 3.74. The second-order valence-electron chi connectivity index (χ2n) is 8.45. The highest BCUT2D eigenvalue weighted by molar-refractivity contribution is 6.36. The summed E-state index contributed by atoms with van der Waals surface area (Å²) in [5, 5.41) is 15.2. The summed E-state index contributed by atoms with van der Waals surface area (Å²) >= 11 is 0. The average Bonchev–Trinajstić information content (AvgIpc) is 3.07. The maximum atomic E-state index is 13.1. The summed E-state index contributed by atoms with van der Waals surface area (Å²) in [6.45, 7) is 1.79. The Balaban J connectivity index is 1.74. The van der Waals surface area contributed by atoms with Crippen LogP contribution in [0.15, 0.2) is 0 Å². The van der Waals surface area contributed by atoms with Gasteiger partial charge in [0.2, 0.25) is 11.8 Å². The largest absolute Gasteiger partial charge is 0.475 e. The van der Waals surface area contributed by atoms with E-state index >= 15 is 0 Å². The normalized spacial score (nSPS) is 33.4. The zero-order chi connectivity index (χ0) is 20.5. The average molecular weight is 394 g/mol. The first-order valence-electron chi connectivity index (χ1n) is 10.0. The molecule has 9 nitrogen and oxygen atoms in total. The topological polar surface area (TPSA) is 119 Å². The van der Waals surface area contributed by atoms with Gasteiger partial charge in [-0.3, -0.25) is 19.3 Å². The lowest BCUT2D eigenvalue weighted by atomic mass is 9.73. The molecule has 0 spiro atoms. The summed E-state index contributed by atoms with van der Waals surface area (Å²) in [4.78, 5) is 53.1. The number of amides is 2. The van der Waals surface area contributed by atoms with E-state index in [0.717, 1.165) is 19.5 Å². The molecule has 3 aliphatic rings. The van der Waals surface area contributed by atoms with Crippen LogP contribution in [0.1, 0.15) is 38.5 Å². The molecule has 1 aliphatic carbocycles. The third-order valence-corrected chi connectivity index (χ3v) is 6.46. The number of nitrogens with one attached hydrogen (secondary N) is 2. The molecular formula is C19H30N4O5. The fourth-order valence-corrected chi connectivity index (χ4v) is 5.03. The summed E-state index contributed by atoms with van der Waals surface area (Å²) < 4.78 is 0. The van der Waals surface area contributed by atoms with Crippen molar-refractivity contribution < 1.29 is 24.3 Å². The standard InChI is InChI=1S/C19H30N4O5/c1-20-9-12-5-7-19(8-6-12,16(25)18(27)28)21-17(26)14-4-3-13-10-22(2)11-15(24)23(13)14/h12-14,20H,3-11H2,1-2H3,(H,21,26)(H,27,28). The van der Waals surface area contributed by atoms with Gasteiger partial charge in [-0.15, -0.1) is 0 Å². The van der Waals surface area contributed by atoms with Crippen LogP contribution in [0.2, 0.25) is 0 Å². The molecule has 0 aromatic heterocycles. The van der Waals surface area contributed by atoms with Crippen LogP contribution in [0.25, 0.3) is 0 Å². The van der Waals surface area contributed by atoms with E-state index < -0.39 is 29.2 Å². The SMILES string of the molecule is CNCC1CCC(NC(=O)C2CCC3CN(C)CC(=O)N32)(C(=O)C(=O)O)CC1. The van der Waals surface area contributed by atoms with E-state index in [0.29, 0.717) is 38.0 Å². The Labute approximate surface area is 164 Å². The van der Waals surface area contributed by atoms with E-state index in [-0.39, 0.29) is 18.5 Å². The van der Waals surface area contributed by atoms with E-state index in [9.17, 15) is 24.3 Å². The van der Waals surface area contributed by atoms with Crippen LogP contribution in [0.4, 0.5) is 0 Å². The summed E-state index contributed by atoms with van der Waals surface area (Å²) in [6.07, 6.45) is 3.22. The number of aliphatic carboxylic acids is 1. The van der Waals surface area contributed by atoms with Crippen molar-refractivity contribution in [3.05, 3.63) is 0 Å². The number of hydrogen-bond acceptors (Lipinski definition) is 6. The van der Waals surface area contributed by atoms with Gasteiger partial charge in [-0.2, -0.15) is 0 Å². The molecule has 2 saturated heterocycles. The van der Waals surface area contributed by atoms with Crippen LogP contribution < -0.4 is 10.6 Å². The van der Waals surface area contributed by atoms with Crippen molar-refractivity contribution in [2.45, 2.75) is 56.1 Å². The van der Waals surface area contributed by atoms with Gasteiger partial charge in [-0.05, 0) is 65.1 Å². The Morgan fingerprint density at radius 1 is 1.18 bits per heavy atom. The van der Waals surface area contributed by atoms with Crippen molar-refractivity contribution in [2.75, 3.05) is 33.7 Å². The van der Waals surface area contributed by atoms with Crippen LogP contribution >= 0.6 is 0 Å². The molecule has 9 heteroatoms. The molecule has 2 atom stereocenters. The molecule has 2 aliphatic heterocycles. The highest BCUT2D eigenvalue weighted by atomic mass is 16.4. The number of piperazine rings is 1. The first-order chi connectivity index (χ1) is 13.3. The highest BCUT2D eigenvalue weighted by Gasteiger charge is 2.49. The summed E-state index contributed by atoms with van der Waals surface area (Å²) in [5.41, 5.74) is -1.37. The fourth-order valence-electron chi connectivity index (χ4n) is 5.03. The fraction of sp³-hybridized carbons (Fsp3) is 0.789. The van der Waals surface area contributed by atoms with Crippen molar-refractivity contribution in [2.24, 2.45) is 5.92 Å². The van der Waals surface area contributed by atoms with E-state index in [2.05, 4.69) is 10.6 Å². The number of hydrogen-bond donors (Lipinski definition) is 3. The Bertz CT molecular complexity index is 659.